The van der Waals surface area contributed by atoms with Crippen LogP contribution in [0, 0.1) is 0 Å². The van der Waals surface area contributed by atoms with Crippen molar-refractivity contribution in [3.8, 4) is 0 Å². The summed E-state index contributed by atoms with van der Waals surface area (Å²) in [7, 11) is 0. The van der Waals surface area contributed by atoms with Crippen molar-refractivity contribution in [3.05, 3.63) is 70.8 Å². The Labute approximate surface area is 200 Å². The third kappa shape index (κ3) is 8.20. The van der Waals surface area contributed by atoms with Crippen LogP contribution < -0.4 is 22.5 Å². The first kappa shape index (κ1) is 26.9. The average Bonchev–Trinajstić information content (AvgIpc) is 2.88. The molecule has 8 nitrogen and oxygen atoms in total. The van der Waals surface area contributed by atoms with E-state index in [1.165, 1.54) is 0 Å². The van der Waals surface area contributed by atoms with Gasteiger partial charge in [0.1, 0.15) is 0 Å². The highest BCUT2D eigenvalue weighted by Gasteiger charge is 2.16. The van der Waals surface area contributed by atoms with E-state index in [4.69, 9.17) is 11.7 Å². The molecule has 0 saturated carbocycles. The molecule has 2 aromatic rings. The summed E-state index contributed by atoms with van der Waals surface area (Å²) in [5.74, 6) is 9.36. The molecule has 0 atom stereocenters. The quantitative estimate of drug-likeness (QED) is 0.103. The highest BCUT2D eigenvalue weighted by molar-refractivity contribution is 6.08. The van der Waals surface area contributed by atoms with E-state index in [9.17, 15) is 19.2 Å². The Morgan fingerprint density at radius 1 is 0.500 bits per heavy atom. The molecule has 0 bridgehead atoms. The van der Waals surface area contributed by atoms with Gasteiger partial charge in [0, 0.05) is 24.0 Å². The van der Waals surface area contributed by atoms with Gasteiger partial charge in [0.25, 0.3) is 11.8 Å². The molecule has 0 saturated heterocycles. The van der Waals surface area contributed by atoms with Crippen molar-refractivity contribution in [1.82, 2.24) is 10.9 Å². The van der Waals surface area contributed by atoms with Gasteiger partial charge in [-0.25, -0.2) is 11.7 Å². The second-order valence-corrected chi connectivity index (χ2v) is 8.21. The number of nitrogens with two attached hydrogens (primary N) is 2. The molecule has 0 radical (unpaired) electrons. The van der Waals surface area contributed by atoms with Crippen LogP contribution in [0.2, 0.25) is 0 Å². The van der Waals surface area contributed by atoms with Gasteiger partial charge in [-0.1, -0.05) is 74.9 Å². The van der Waals surface area contributed by atoms with Gasteiger partial charge in [0.05, 0.1) is 11.1 Å². The summed E-state index contributed by atoms with van der Waals surface area (Å²) in [4.78, 5) is 48.5. The van der Waals surface area contributed by atoms with Crippen LogP contribution in [-0.2, 0) is 0 Å². The van der Waals surface area contributed by atoms with E-state index in [0.717, 1.165) is 51.4 Å². The van der Waals surface area contributed by atoms with Crippen molar-refractivity contribution < 1.29 is 19.2 Å². The van der Waals surface area contributed by atoms with Crippen molar-refractivity contribution in [2.24, 2.45) is 11.7 Å². The average molecular weight is 467 g/mol. The first-order valence-electron chi connectivity index (χ1n) is 11.8. The number of hydrogen-bond acceptors (Lipinski definition) is 6. The van der Waals surface area contributed by atoms with Gasteiger partial charge < -0.3 is 0 Å². The summed E-state index contributed by atoms with van der Waals surface area (Å²) < 4.78 is 0. The Balaban J connectivity index is 1.58. The van der Waals surface area contributed by atoms with Crippen LogP contribution in [0.1, 0.15) is 106 Å². The first-order chi connectivity index (χ1) is 16.5. The monoisotopic (exact) mass is 466 g/mol. The lowest BCUT2D eigenvalue weighted by molar-refractivity contribution is 0.0929. The number of unbranched alkanes of at least 4 members (excludes halogenated alkanes) is 7. The standard InChI is InChI=1S/C26H34N4O4/c27-29-25(33)21-15-11-9-13-19(21)23(31)17-7-5-3-1-2-4-6-8-18-24(32)20-14-10-12-16-22(20)26(34)30-28/h9-16H,1-8,17-18,27-28H2,(H,29,33)(H,30,34). The molecule has 2 amide bonds. The highest BCUT2D eigenvalue weighted by atomic mass is 16.2. The zero-order chi connectivity index (χ0) is 24.8. The fraction of sp³-hybridized carbons (Fsp3) is 0.385. The van der Waals surface area contributed by atoms with Gasteiger partial charge in [0.2, 0.25) is 0 Å². The molecule has 0 aliphatic rings. The third-order valence-corrected chi connectivity index (χ3v) is 5.76. The molecular formula is C26H34N4O4. The summed E-state index contributed by atoms with van der Waals surface area (Å²) in [5, 5.41) is 0. The highest BCUT2D eigenvalue weighted by Crippen LogP contribution is 2.17. The Hall–Kier alpha value is -3.36. The van der Waals surface area contributed by atoms with E-state index in [1.54, 1.807) is 48.5 Å². The van der Waals surface area contributed by atoms with Crippen LogP contribution in [-0.4, -0.2) is 23.4 Å². The normalized spacial score (nSPS) is 10.5. The van der Waals surface area contributed by atoms with E-state index in [-0.39, 0.29) is 11.6 Å². The summed E-state index contributed by atoms with van der Waals surface area (Å²) in [6, 6.07) is 13.4. The smallest absolute Gasteiger partial charge is 0.265 e. The minimum absolute atomic E-state index is 0.0469. The molecule has 2 aromatic carbocycles. The van der Waals surface area contributed by atoms with Crippen LogP contribution in [0.4, 0.5) is 0 Å². The summed E-state index contributed by atoms with van der Waals surface area (Å²) in [6.07, 6.45) is 8.51. The minimum Gasteiger partial charge on any atom is -0.294 e. The van der Waals surface area contributed by atoms with Crippen LogP contribution in [0.3, 0.4) is 0 Å². The fourth-order valence-corrected chi connectivity index (χ4v) is 3.91. The Bertz CT molecular complexity index is 911. The molecule has 0 unspecified atom stereocenters. The second kappa shape index (κ2) is 14.7. The van der Waals surface area contributed by atoms with Crippen molar-refractivity contribution in [1.29, 1.82) is 0 Å². The number of Topliss-reactive ketones (excluding diaryl/α,β-unsaturated/α-hetero) is 2. The zero-order valence-electron chi connectivity index (χ0n) is 19.5. The second-order valence-electron chi connectivity index (χ2n) is 8.21. The third-order valence-electron chi connectivity index (χ3n) is 5.76. The topological polar surface area (TPSA) is 144 Å². The van der Waals surface area contributed by atoms with Gasteiger partial charge >= 0.3 is 0 Å². The van der Waals surface area contributed by atoms with Crippen molar-refractivity contribution in [2.75, 3.05) is 0 Å². The molecule has 6 N–H and O–H groups in total. The first-order valence-corrected chi connectivity index (χ1v) is 11.8. The molecule has 2 rings (SSSR count). The van der Waals surface area contributed by atoms with Gasteiger partial charge in [0.15, 0.2) is 11.6 Å². The van der Waals surface area contributed by atoms with Crippen LogP contribution in [0.5, 0.6) is 0 Å². The maximum absolute atomic E-state index is 12.4. The van der Waals surface area contributed by atoms with E-state index in [2.05, 4.69) is 10.9 Å². The Kier molecular flexibility index (Phi) is 11.6. The number of amides is 2. The molecule has 0 heterocycles. The number of carbonyl (C=O) groups excluding carboxylic acids is 4. The number of carbonyl (C=O) groups is 4. The molecule has 0 aliphatic heterocycles. The number of rotatable bonds is 15. The molecule has 0 fully saturated rings. The SMILES string of the molecule is NNC(=O)c1ccccc1C(=O)CCCCCCCCCCC(=O)c1ccccc1C(=O)NN. The minimum atomic E-state index is -0.462. The zero-order valence-corrected chi connectivity index (χ0v) is 19.5. The number of hydrogen-bond donors (Lipinski definition) is 4. The maximum atomic E-state index is 12.4. The molecule has 8 heteroatoms. The molecule has 0 spiro atoms. The Morgan fingerprint density at radius 2 is 0.794 bits per heavy atom. The van der Waals surface area contributed by atoms with E-state index in [0.29, 0.717) is 35.1 Å². The Morgan fingerprint density at radius 3 is 1.12 bits per heavy atom. The summed E-state index contributed by atoms with van der Waals surface area (Å²) in [5.41, 5.74) is 5.58. The number of ketones is 2. The van der Waals surface area contributed by atoms with Crippen LogP contribution >= 0.6 is 0 Å². The van der Waals surface area contributed by atoms with Gasteiger partial charge in [-0.3, -0.25) is 30.0 Å². The van der Waals surface area contributed by atoms with Gasteiger partial charge in [-0.2, -0.15) is 0 Å². The van der Waals surface area contributed by atoms with E-state index < -0.39 is 11.8 Å². The molecule has 0 aliphatic carbocycles. The number of benzene rings is 2. The lowest BCUT2D eigenvalue weighted by atomic mass is 9.98. The molecular weight excluding hydrogens is 432 g/mol. The summed E-state index contributed by atoms with van der Waals surface area (Å²) in [6.45, 7) is 0. The van der Waals surface area contributed by atoms with Crippen molar-refractivity contribution in [2.45, 2.75) is 64.2 Å². The predicted molar refractivity (Wildman–Crippen MR) is 131 cm³/mol. The van der Waals surface area contributed by atoms with Crippen LogP contribution in [0.15, 0.2) is 48.5 Å². The van der Waals surface area contributed by atoms with Crippen LogP contribution in [0.25, 0.3) is 0 Å². The number of nitrogen functional groups attached to an aromatic ring is 2. The van der Waals surface area contributed by atoms with Crippen molar-refractivity contribution >= 4 is 23.4 Å². The number of hydrazine groups is 2. The van der Waals surface area contributed by atoms with E-state index >= 15 is 0 Å². The lowest BCUT2D eigenvalue weighted by Gasteiger charge is -2.08. The molecule has 182 valence electrons. The van der Waals surface area contributed by atoms with Gasteiger partial charge in [-0.15, -0.1) is 0 Å². The largest absolute Gasteiger partial charge is 0.294 e. The maximum Gasteiger partial charge on any atom is 0.265 e. The summed E-state index contributed by atoms with van der Waals surface area (Å²) >= 11 is 0. The molecule has 0 aromatic heterocycles. The van der Waals surface area contributed by atoms with Crippen molar-refractivity contribution in [3.63, 3.8) is 0 Å². The predicted octanol–water partition coefficient (Wildman–Crippen LogP) is 3.86. The molecule has 34 heavy (non-hydrogen) atoms. The van der Waals surface area contributed by atoms with E-state index in [1.807, 2.05) is 0 Å². The number of nitrogens with one attached hydrogen (secondary N) is 2. The lowest BCUT2D eigenvalue weighted by Crippen LogP contribution is -2.31. The van der Waals surface area contributed by atoms with Gasteiger partial charge in [-0.05, 0) is 25.0 Å². The fourth-order valence-electron chi connectivity index (χ4n) is 3.91.